The van der Waals surface area contributed by atoms with Gasteiger partial charge in [0, 0.05) is 18.4 Å². The summed E-state index contributed by atoms with van der Waals surface area (Å²) in [6.07, 6.45) is 2.39. The molecule has 3 heteroatoms. The molecule has 1 unspecified atom stereocenters. The second-order valence-corrected chi connectivity index (χ2v) is 3.85. The van der Waals surface area contributed by atoms with Gasteiger partial charge in [0.15, 0.2) is 0 Å². The lowest BCUT2D eigenvalue weighted by atomic mass is 10.1. The van der Waals surface area contributed by atoms with Crippen molar-refractivity contribution in [3.63, 3.8) is 0 Å². The minimum atomic E-state index is 0.0362. The van der Waals surface area contributed by atoms with Crippen LogP contribution in [0.1, 0.15) is 26.5 Å². The molecule has 1 N–H and O–H groups in total. The SMILES string of the molecule is CC(Cc1ccco1)NC(=O)C(C)C. The van der Waals surface area contributed by atoms with Crippen molar-refractivity contribution in [1.29, 1.82) is 0 Å². The molecule has 0 aliphatic heterocycles. The van der Waals surface area contributed by atoms with Crippen LogP contribution in [-0.2, 0) is 11.2 Å². The summed E-state index contributed by atoms with van der Waals surface area (Å²) in [7, 11) is 0. The van der Waals surface area contributed by atoms with E-state index in [4.69, 9.17) is 4.42 Å². The fraction of sp³-hybridized carbons (Fsp3) is 0.545. The van der Waals surface area contributed by atoms with Gasteiger partial charge < -0.3 is 9.73 Å². The molecule has 1 atom stereocenters. The van der Waals surface area contributed by atoms with Crippen molar-refractivity contribution in [2.45, 2.75) is 33.2 Å². The molecule has 0 aliphatic carbocycles. The lowest BCUT2D eigenvalue weighted by Gasteiger charge is -2.14. The van der Waals surface area contributed by atoms with E-state index >= 15 is 0 Å². The van der Waals surface area contributed by atoms with Crippen LogP contribution >= 0.6 is 0 Å². The van der Waals surface area contributed by atoms with Gasteiger partial charge in [-0.3, -0.25) is 4.79 Å². The average Bonchev–Trinajstić information content (AvgIpc) is 2.56. The first-order valence-electron chi connectivity index (χ1n) is 4.92. The summed E-state index contributed by atoms with van der Waals surface area (Å²) in [5.41, 5.74) is 0. The van der Waals surface area contributed by atoms with E-state index in [-0.39, 0.29) is 17.9 Å². The Kier molecular flexibility index (Phi) is 3.74. The number of hydrogen-bond donors (Lipinski definition) is 1. The molecule has 1 aromatic rings. The van der Waals surface area contributed by atoms with Gasteiger partial charge in [-0.05, 0) is 19.1 Å². The van der Waals surface area contributed by atoms with E-state index in [0.29, 0.717) is 0 Å². The Labute approximate surface area is 84.5 Å². The van der Waals surface area contributed by atoms with Crippen molar-refractivity contribution in [3.8, 4) is 0 Å². The third-order valence-electron chi connectivity index (χ3n) is 2.00. The van der Waals surface area contributed by atoms with Gasteiger partial charge in [-0.25, -0.2) is 0 Å². The van der Waals surface area contributed by atoms with E-state index in [2.05, 4.69) is 5.32 Å². The van der Waals surface area contributed by atoms with Crippen LogP contribution in [-0.4, -0.2) is 11.9 Å². The quantitative estimate of drug-likeness (QED) is 0.798. The van der Waals surface area contributed by atoms with E-state index in [0.717, 1.165) is 12.2 Å². The number of carbonyl (C=O) groups is 1. The molecule has 1 rings (SSSR count). The summed E-state index contributed by atoms with van der Waals surface area (Å²) < 4.78 is 5.19. The molecule has 0 fully saturated rings. The maximum Gasteiger partial charge on any atom is 0.222 e. The van der Waals surface area contributed by atoms with Gasteiger partial charge in [-0.1, -0.05) is 13.8 Å². The van der Waals surface area contributed by atoms with E-state index in [1.165, 1.54) is 0 Å². The van der Waals surface area contributed by atoms with Gasteiger partial charge in [0.2, 0.25) is 5.91 Å². The fourth-order valence-electron chi connectivity index (χ4n) is 1.19. The summed E-state index contributed by atoms with van der Waals surface area (Å²) in [6, 6.07) is 3.89. The first-order chi connectivity index (χ1) is 6.59. The minimum absolute atomic E-state index is 0.0362. The molecule has 0 spiro atoms. The molecule has 0 radical (unpaired) electrons. The first-order valence-corrected chi connectivity index (χ1v) is 4.92. The van der Waals surface area contributed by atoms with Crippen LogP contribution < -0.4 is 5.32 Å². The number of carbonyl (C=O) groups excluding carboxylic acids is 1. The molecule has 0 saturated carbocycles. The van der Waals surface area contributed by atoms with Crippen LogP contribution in [0.15, 0.2) is 22.8 Å². The largest absolute Gasteiger partial charge is 0.469 e. The molecule has 14 heavy (non-hydrogen) atoms. The normalized spacial score (nSPS) is 12.9. The lowest BCUT2D eigenvalue weighted by Crippen LogP contribution is -2.36. The molecule has 0 aromatic carbocycles. The third kappa shape index (κ3) is 3.24. The van der Waals surface area contributed by atoms with Gasteiger partial charge in [-0.15, -0.1) is 0 Å². The predicted molar refractivity (Wildman–Crippen MR) is 54.9 cm³/mol. The van der Waals surface area contributed by atoms with Gasteiger partial charge >= 0.3 is 0 Å². The Bertz CT molecular complexity index is 277. The number of rotatable bonds is 4. The van der Waals surface area contributed by atoms with Gasteiger partial charge in [0.1, 0.15) is 5.76 Å². The zero-order valence-corrected chi connectivity index (χ0v) is 8.91. The number of hydrogen-bond acceptors (Lipinski definition) is 2. The highest BCUT2D eigenvalue weighted by Crippen LogP contribution is 2.04. The molecule has 0 bridgehead atoms. The van der Waals surface area contributed by atoms with Gasteiger partial charge in [0.05, 0.1) is 6.26 Å². The Morgan fingerprint density at radius 2 is 2.21 bits per heavy atom. The molecular formula is C11H17NO2. The second kappa shape index (κ2) is 4.84. The highest BCUT2D eigenvalue weighted by atomic mass is 16.3. The molecule has 1 heterocycles. The predicted octanol–water partition coefficient (Wildman–Crippen LogP) is 1.98. The first kappa shape index (κ1) is 10.8. The minimum Gasteiger partial charge on any atom is -0.469 e. The fourth-order valence-corrected chi connectivity index (χ4v) is 1.19. The van der Waals surface area contributed by atoms with Gasteiger partial charge in [0.25, 0.3) is 0 Å². The molecule has 78 valence electrons. The van der Waals surface area contributed by atoms with Crippen molar-refractivity contribution < 1.29 is 9.21 Å². The standard InChI is InChI=1S/C11H17NO2/c1-8(2)11(13)12-9(3)7-10-5-4-6-14-10/h4-6,8-9H,7H2,1-3H3,(H,12,13). The Balaban J connectivity index is 2.36. The molecule has 0 aliphatic rings. The van der Waals surface area contributed by atoms with Crippen LogP contribution in [0.25, 0.3) is 0 Å². The zero-order valence-electron chi connectivity index (χ0n) is 8.91. The molecule has 1 aromatic heterocycles. The Morgan fingerprint density at radius 1 is 1.50 bits per heavy atom. The molecule has 1 amide bonds. The topological polar surface area (TPSA) is 42.2 Å². The Morgan fingerprint density at radius 3 is 2.71 bits per heavy atom. The highest BCUT2D eigenvalue weighted by Gasteiger charge is 2.11. The van der Waals surface area contributed by atoms with Crippen LogP contribution in [0.5, 0.6) is 0 Å². The smallest absolute Gasteiger partial charge is 0.222 e. The summed E-state index contributed by atoms with van der Waals surface area (Å²) in [5.74, 6) is 1.03. The van der Waals surface area contributed by atoms with Crippen molar-refractivity contribution in [2.75, 3.05) is 0 Å². The van der Waals surface area contributed by atoms with Crippen molar-refractivity contribution >= 4 is 5.91 Å². The molecule has 3 nitrogen and oxygen atoms in total. The van der Waals surface area contributed by atoms with E-state index < -0.39 is 0 Å². The molecular weight excluding hydrogens is 178 g/mol. The summed E-state index contributed by atoms with van der Waals surface area (Å²) in [4.78, 5) is 11.3. The molecule has 0 saturated heterocycles. The maximum atomic E-state index is 11.3. The van der Waals surface area contributed by atoms with Crippen molar-refractivity contribution in [3.05, 3.63) is 24.2 Å². The number of nitrogens with one attached hydrogen (secondary N) is 1. The van der Waals surface area contributed by atoms with E-state index in [1.54, 1.807) is 6.26 Å². The van der Waals surface area contributed by atoms with Crippen molar-refractivity contribution in [1.82, 2.24) is 5.32 Å². The third-order valence-corrected chi connectivity index (χ3v) is 2.00. The maximum absolute atomic E-state index is 11.3. The Hall–Kier alpha value is -1.25. The summed E-state index contributed by atoms with van der Waals surface area (Å²) in [5, 5.41) is 2.92. The van der Waals surface area contributed by atoms with Crippen LogP contribution in [0, 0.1) is 5.92 Å². The van der Waals surface area contributed by atoms with Crippen LogP contribution in [0.3, 0.4) is 0 Å². The second-order valence-electron chi connectivity index (χ2n) is 3.85. The summed E-state index contributed by atoms with van der Waals surface area (Å²) in [6.45, 7) is 5.74. The highest BCUT2D eigenvalue weighted by molar-refractivity contribution is 5.78. The average molecular weight is 195 g/mol. The lowest BCUT2D eigenvalue weighted by molar-refractivity contribution is -0.124. The number of furan rings is 1. The van der Waals surface area contributed by atoms with Crippen molar-refractivity contribution in [2.24, 2.45) is 5.92 Å². The zero-order chi connectivity index (χ0) is 10.6. The monoisotopic (exact) mass is 195 g/mol. The van der Waals surface area contributed by atoms with Gasteiger partial charge in [-0.2, -0.15) is 0 Å². The number of amides is 1. The van der Waals surface area contributed by atoms with Crippen LogP contribution in [0.2, 0.25) is 0 Å². The van der Waals surface area contributed by atoms with E-state index in [1.807, 2.05) is 32.9 Å². The van der Waals surface area contributed by atoms with Crippen LogP contribution in [0.4, 0.5) is 0 Å². The summed E-state index contributed by atoms with van der Waals surface area (Å²) >= 11 is 0. The van der Waals surface area contributed by atoms with E-state index in [9.17, 15) is 4.79 Å².